The van der Waals surface area contributed by atoms with Crippen LogP contribution in [0.15, 0.2) is 0 Å². The third-order valence-corrected chi connectivity index (χ3v) is 0. The molecule has 56 valence electrons. The lowest BCUT2D eigenvalue weighted by atomic mass is 11.3. The summed E-state index contributed by atoms with van der Waals surface area (Å²) in [6.07, 6.45) is -2.67. The number of carbonyl (C=O) groups is 2. The van der Waals surface area contributed by atoms with Crippen molar-refractivity contribution < 1.29 is 19.8 Å². The number of nitrogens with two attached hydrogens (primary N) is 2. The van der Waals surface area contributed by atoms with E-state index in [0.29, 0.717) is 0 Å². The lowest BCUT2D eigenvalue weighted by Gasteiger charge is -1.61. The second-order valence-electron chi connectivity index (χ2n) is 0.676. The minimum Gasteiger partial charge on any atom is -0.465 e. The molecular formula is C2H7BrN2O4. The van der Waals surface area contributed by atoms with Crippen LogP contribution in [0.4, 0.5) is 9.59 Å². The van der Waals surface area contributed by atoms with Crippen molar-refractivity contribution in [3.63, 3.8) is 0 Å². The van der Waals surface area contributed by atoms with E-state index in [2.05, 4.69) is 11.5 Å². The first kappa shape index (κ1) is 15.7. The van der Waals surface area contributed by atoms with E-state index in [-0.39, 0.29) is 17.0 Å². The van der Waals surface area contributed by atoms with Crippen LogP contribution in [0.3, 0.4) is 0 Å². The number of amides is 2. The zero-order valence-corrected chi connectivity index (χ0v) is 5.99. The van der Waals surface area contributed by atoms with Crippen molar-refractivity contribution in [2.75, 3.05) is 0 Å². The summed E-state index contributed by atoms with van der Waals surface area (Å²) in [7, 11) is 0. The second kappa shape index (κ2) is 10.1. The summed E-state index contributed by atoms with van der Waals surface area (Å²) < 4.78 is 0. The summed E-state index contributed by atoms with van der Waals surface area (Å²) in [6.45, 7) is 0. The molecule has 0 aromatic carbocycles. The summed E-state index contributed by atoms with van der Waals surface area (Å²) in [4.78, 5) is 17.6. The fourth-order valence-electron chi connectivity index (χ4n) is 0. The van der Waals surface area contributed by atoms with E-state index in [1.807, 2.05) is 0 Å². The van der Waals surface area contributed by atoms with Crippen molar-refractivity contribution >= 4 is 29.2 Å². The highest BCUT2D eigenvalue weighted by molar-refractivity contribution is 8.93. The molecule has 0 spiro atoms. The minimum atomic E-state index is -1.33. The van der Waals surface area contributed by atoms with Crippen LogP contribution in [0, 0.1) is 0 Å². The third kappa shape index (κ3) is 184. The Labute approximate surface area is 61.2 Å². The van der Waals surface area contributed by atoms with Gasteiger partial charge in [0.05, 0.1) is 0 Å². The zero-order chi connectivity index (χ0) is 7.15. The molecular weight excluding hydrogens is 196 g/mol. The van der Waals surface area contributed by atoms with Gasteiger partial charge < -0.3 is 21.7 Å². The van der Waals surface area contributed by atoms with Crippen molar-refractivity contribution in [3.8, 4) is 0 Å². The maximum absolute atomic E-state index is 8.78. The molecule has 2 amide bonds. The van der Waals surface area contributed by atoms with Crippen LogP contribution < -0.4 is 11.5 Å². The lowest BCUT2D eigenvalue weighted by Crippen LogP contribution is -2.03. The van der Waals surface area contributed by atoms with Crippen molar-refractivity contribution in [2.45, 2.75) is 0 Å². The van der Waals surface area contributed by atoms with Gasteiger partial charge in [-0.15, -0.1) is 17.0 Å². The van der Waals surface area contributed by atoms with E-state index in [4.69, 9.17) is 19.8 Å². The Morgan fingerprint density at radius 3 is 1.00 bits per heavy atom. The van der Waals surface area contributed by atoms with Gasteiger partial charge >= 0.3 is 12.2 Å². The van der Waals surface area contributed by atoms with Crippen molar-refractivity contribution in [2.24, 2.45) is 11.5 Å². The number of rotatable bonds is 0. The van der Waals surface area contributed by atoms with Gasteiger partial charge in [-0.25, -0.2) is 9.59 Å². The highest BCUT2D eigenvalue weighted by atomic mass is 79.9. The van der Waals surface area contributed by atoms with Gasteiger partial charge in [0.1, 0.15) is 0 Å². The Bertz CT molecular complexity index is 74.6. The quantitative estimate of drug-likeness (QED) is 0.435. The van der Waals surface area contributed by atoms with Crippen molar-refractivity contribution in [1.29, 1.82) is 0 Å². The second-order valence-corrected chi connectivity index (χ2v) is 0.676. The number of halogens is 1. The molecule has 0 unspecified atom stereocenters. The topological polar surface area (TPSA) is 127 Å². The van der Waals surface area contributed by atoms with Gasteiger partial charge in [-0.1, -0.05) is 0 Å². The van der Waals surface area contributed by atoms with Crippen LogP contribution in [-0.2, 0) is 0 Å². The summed E-state index contributed by atoms with van der Waals surface area (Å²) in [6, 6.07) is 0. The van der Waals surface area contributed by atoms with E-state index in [0.717, 1.165) is 0 Å². The molecule has 0 heterocycles. The van der Waals surface area contributed by atoms with Gasteiger partial charge in [-0.05, 0) is 0 Å². The molecule has 9 heavy (non-hydrogen) atoms. The smallest absolute Gasteiger partial charge is 0.402 e. The van der Waals surface area contributed by atoms with E-state index in [1.165, 1.54) is 0 Å². The molecule has 0 radical (unpaired) electrons. The molecule has 7 heteroatoms. The Kier molecular flexibility index (Phi) is 17.6. The SMILES string of the molecule is Br.NC(=O)O.NC(=O)O. The van der Waals surface area contributed by atoms with Crippen LogP contribution in [-0.4, -0.2) is 22.4 Å². The van der Waals surface area contributed by atoms with Crippen LogP contribution in [0.2, 0.25) is 0 Å². The molecule has 6 N–H and O–H groups in total. The van der Waals surface area contributed by atoms with Crippen LogP contribution in [0.5, 0.6) is 0 Å². The summed E-state index contributed by atoms with van der Waals surface area (Å²) >= 11 is 0. The van der Waals surface area contributed by atoms with E-state index < -0.39 is 12.2 Å². The molecule has 0 saturated carbocycles. The average Bonchev–Trinajstić information content (AvgIpc) is 1.25. The van der Waals surface area contributed by atoms with E-state index >= 15 is 0 Å². The molecule has 0 bridgehead atoms. The molecule has 0 fully saturated rings. The standard InChI is InChI=1S/2CH3NO2.BrH/c2*2-1(3)4;/h2*2H2,(H,3,4);1H. The lowest BCUT2D eigenvalue weighted by molar-refractivity contribution is 0.204. The molecule has 0 aromatic heterocycles. The van der Waals surface area contributed by atoms with E-state index in [1.54, 1.807) is 0 Å². The van der Waals surface area contributed by atoms with Crippen molar-refractivity contribution in [1.82, 2.24) is 0 Å². The van der Waals surface area contributed by atoms with Crippen LogP contribution >= 0.6 is 17.0 Å². The predicted molar refractivity (Wildman–Crippen MR) is 34.7 cm³/mol. The maximum Gasteiger partial charge on any atom is 0.402 e. The van der Waals surface area contributed by atoms with Gasteiger partial charge in [0.2, 0.25) is 0 Å². The van der Waals surface area contributed by atoms with Crippen LogP contribution in [0.1, 0.15) is 0 Å². The number of hydrogen-bond donors (Lipinski definition) is 4. The first-order chi connectivity index (χ1) is 3.46. The number of hydrogen-bond acceptors (Lipinski definition) is 2. The Morgan fingerprint density at radius 2 is 1.00 bits per heavy atom. The largest absolute Gasteiger partial charge is 0.465 e. The van der Waals surface area contributed by atoms with Gasteiger partial charge in [0.15, 0.2) is 0 Å². The molecule has 6 nitrogen and oxygen atoms in total. The summed E-state index contributed by atoms with van der Waals surface area (Å²) in [5, 5.41) is 14.4. The fraction of sp³-hybridized carbons (Fsp3) is 0. The number of carboxylic acid groups (broad SMARTS) is 2. The predicted octanol–water partition coefficient (Wildman–Crippen LogP) is -0.176. The average molecular weight is 203 g/mol. The molecule has 0 aromatic rings. The van der Waals surface area contributed by atoms with Gasteiger partial charge in [0, 0.05) is 0 Å². The Hall–Kier alpha value is -0.980. The van der Waals surface area contributed by atoms with Crippen molar-refractivity contribution in [3.05, 3.63) is 0 Å². The van der Waals surface area contributed by atoms with Gasteiger partial charge in [-0.3, -0.25) is 0 Å². The Balaban J connectivity index is -0.0000000720. The van der Waals surface area contributed by atoms with Gasteiger partial charge in [-0.2, -0.15) is 0 Å². The molecule has 0 saturated heterocycles. The molecule has 0 aliphatic heterocycles. The maximum atomic E-state index is 8.78. The Morgan fingerprint density at radius 1 is 1.00 bits per heavy atom. The van der Waals surface area contributed by atoms with Crippen LogP contribution in [0.25, 0.3) is 0 Å². The first-order valence-electron chi connectivity index (χ1n) is 1.43. The number of primary amides is 2. The zero-order valence-electron chi connectivity index (χ0n) is 4.27. The fourth-order valence-corrected chi connectivity index (χ4v) is 0. The minimum absolute atomic E-state index is 0. The summed E-state index contributed by atoms with van der Waals surface area (Å²) in [5.41, 5.74) is 8.06. The van der Waals surface area contributed by atoms with E-state index in [9.17, 15) is 0 Å². The summed E-state index contributed by atoms with van der Waals surface area (Å²) in [5.74, 6) is 0. The molecule has 0 aliphatic carbocycles. The third-order valence-electron chi connectivity index (χ3n) is 0. The van der Waals surface area contributed by atoms with Gasteiger partial charge in [0.25, 0.3) is 0 Å². The highest BCUT2D eigenvalue weighted by Gasteiger charge is 1.65. The molecule has 0 atom stereocenters. The molecule has 0 aliphatic rings. The highest BCUT2D eigenvalue weighted by Crippen LogP contribution is 1.35. The monoisotopic (exact) mass is 202 g/mol. The normalized spacial score (nSPS) is 5.33. The first-order valence-corrected chi connectivity index (χ1v) is 1.43. The molecule has 0 rings (SSSR count).